The summed E-state index contributed by atoms with van der Waals surface area (Å²) in [6, 6.07) is 7.21. The van der Waals surface area contributed by atoms with Gasteiger partial charge < -0.3 is 15.2 Å². The van der Waals surface area contributed by atoms with Gasteiger partial charge in [-0.2, -0.15) is 0 Å². The van der Waals surface area contributed by atoms with Gasteiger partial charge in [-0.1, -0.05) is 12.1 Å². The van der Waals surface area contributed by atoms with E-state index in [0.717, 1.165) is 27.0 Å². The highest BCUT2D eigenvalue weighted by Crippen LogP contribution is 2.30. The van der Waals surface area contributed by atoms with Crippen molar-refractivity contribution in [1.29, 1.82) is 0 Å². The minimum absolute atomic E-state index is 0.117. The molecule has 2 amide bonds. The molecular formula is C21H24N4O3S3. The summed E-state index contributed by atoms with van der Waals surface area (Å²) in [6.45, 7) is 5.70. The van der Waals surface area contributed by atoms with E-state index in [1.54, 1.807) is 33.2 Å². The molecule has 2 N–H and O–H groups in total. The first kappa shape index (κ1) is 23.4. The topological polar surface area (TPSA) is 95.2 Å². The predicted octanol–water partition coefficient (Wildman–Crippen LogP) is 4.64. The largest absolute Gasteiger partial charge is 0.339 e. The summed E-state index contributed by atoms with van der Waals surface area (Å²) in [5, 5.41) is 3.05. The Morgan fingerprint density at radius 1 is 1.26 bits per heavy atom. The summed E-state index contributed by atoms with van der Waals surface area (Å²) in [5.41, 5.74) is 1.42. The minimum atomic E-state index is -0.379. The number of para-hydroxylation sites is 1. The SMILES string of the molecule is Cc1sc2nc(CSC(C)C(=O)Nc3ccccc3SC(=O)N(C)C)[nH]c(=O)c2c1C. The van der Waals surface area contributed by atoms with Crippen molar-refractivity contribution in [2.75, 3.05) is 19.4 Å². The maximum Gasteiger partial charge on any atom is 0.286 e. The number of aryl methyl sites for hydroxylation is 2. The second kappa shape index (κ2) is 9.88. The smallest absolute Gasteiger partial charge is 0.286 e. The number of hydrogen-bond acceptors (Lipinski definition) is 7. The molecule has 0 aliphatic rings. The van der Waals surface area contributed by atoms with Crippen molar-refractivity contribution in [2.24, 2.45) is 0 Å². The first-order valence-electron chi connectivity index (χ1n) is 9.57. The average Bonchev–Trinajstić information content (AvgIpc) is 3.01. The van der Waals surface area contributed by atoms with Crippen LogP contribution in [0.1, 0.15) is 23.2 Å². The number of thioether (sulfide) groups is 2. The predicted molar refractivity (Wildman–Crippen MR) is 130 cm³/mol. The number of carbonyl (C=O) groups is 2. The number of H-pyrrole nitrogens is 1. The Labute approximate surface area is 193 Å². The Balaban J connectivity index is 1.66. The van der Waals surface area contributed by atoms with E-state index in [1.165, 1.54) is 28.0 Å². The Morgan fingerprint density at radius 2 is 1.97 bits per heavy atom. The van der Waals surface area contributed by atoms with Gasteiger partial charge in [0, 0.05) is 23.9 Å². The van der Waals surface area contributed by atoms with Gasteiger partial charge in [0.25, 0.3) is 10.8 Å². The Kier molecular flexibility index (Phi) is 7.45. The number of nitrogens with one attached hydrogen (secondary N) is 2. The van der Waals surface area contributed by atoms with Gasteiger partial charge >= 0.3 is 0 Å². The molecule has 1 atom stereocenters. The summed E-state index contributed by atoms with van der Waals surface area (Å²) in [6.07, 6.45) is 0. The van der Waals surface area contributed by atoms with Crippen LogP contribution in [-0.4, -0.2) is 45.4 Å². The molecular weight excluding hydrogens is 452 g/mol. The lowest BCUT2D eigenvalue weighted by Crippen LogP contribution is -2.23. The molecule has 0 saturated heterocycles. The van der Waals surface area contributed by atoms with Crippen LogP contribution in [0.25, 0.3) is 10.2 Å². The molecule has 0 saturated carbocycles. The summed E-state index contributed by atoms with van der Waals surface area (Å²) in [4.78, 5) is 48.5. The molecule has 0 aliphatic carbocycles. The molecule has 1 unspecified atom stereocenters. The van der Waals surface area contributed by atoms with Crippen LogP contribution in [0, 0.1) is 13.8 Å². The molecule has 3 rings (SSSR count). The van der Waals surface area contributed by atoms with E-state index in [4.69, 9.17) is 0 Å². The van der Waals surface area contributed by atoms with E-state index >= 15 is 0 Å². The van der Waals surface area contributed by atoms with Gasteiger partial charge in [-0.05, 0) is 50.2 Å². The number of anilines is 1. The Hall–Kier alpha value is -2.30. The number of amides is 2. The third kappa shape index (κ3) is 5.50. The molecule has 0 bridgehead atoms. The molecule has 7 nitrogen and oxygen atoms in total. The molecule has 31 heavy (non-hydrogen) atoms. The third-order valence-corrected chi connectivity index (χ3v) is 8.01. The summed E-state index contributed by atoms with van der Waals surface area (Å²) < 4.78 is 0. The van der Waals surface area contributed by atoms with E-state index in [2.05, 4.69) is 15.3 Å². The second-order valence-electron chi connectivity index (χ2n) is 7.18. The van der Waals surface area contributed by atoms with Crippen molar-refractivity contribution in [3.8, 4) is 0 Å². The Bertz CT molecular complexity index is 1190. The van der Waals surface area contributed by atoms with Gasteiger partial charge in [0.15, 0.2) is 0 Å². The molecule has 2 heterocycles. The number of aromatic amines is 1. The molecule has 2 aromatic heterocycles. The van der Waals surface area contributed by atoms with Gasteiger partial charge in [-0.25, -0.2) is 4.98 Å². The second-order valence-corrected chi connectivity index (χ2v) is 10.7. The van der Waals surface area contributed by atoms with Crippen molar-refractivity contribution >= 4 is 61.9 Å². The summed E-state index contributed by atoms with van der Waals surface area (Å²) in [7, 11) is 3.37. The zero-order valence-electron chi connectivity index (χ0n) is 17.9. The monoisotopic (exact) mass is 476 g/mol. The van der Waals surface area contributed by atoms with E-state index < -0.39 is 0 Å². The lowest BCUT2D eigenvalue weighted by molar-refractivity contribution is -0.115. The number of fused-ring (bicyclic) bond motifs is 1. The number of nitrogens with zero attached hydrogens (tertiary/aromatic N) is 2. The quantitative estimate of drug-likeness (QED) is 0.504. The van der Waals surface area contributed by atoms with Crippen molar-refractivity contribution in [2.45, 2.75) is 36.7 Å². The van der Waals surface area contributed by atoms with E-state index in [1.807, 2.05) is 26.0 Å². The number of rotatable bonds is 6. The molecule has 0 spiro atoms. The van der Waals surface area contributed by atoms with Crippen LogP contribution in [0.3, 0.4) is 0 Å². The van der Waals surface area contributed by atoms with Crippen molar-refractivity contribution in [3.05, 3.63) is 50.9 Å². The molecule has 1 aromatic carbocycles. The van der Waals surface area contributed by atoms with Crippen LogP contribution < -0.4 is 10.9 Å². The normalized spacial score (nSPS) is 12.0. The summed E-state index contributed by atoms with van der Waals surface area (Å²) in [5.74, 6) is 0.781. The molecule has 164 valence electrons. The number of hydrogen-bond donors (Lipinski definition) is 2. The number of carbonyl (C=O) groups excluding carboxylic acids is 2. The van der Waals surface area contributed by atoms with Crippen molar-refractivity contribution in [1.82, 2.24) is 14.9 Å². The van der Waals surface area contributed by atoms with Crippen LogP contribution in [-0.2, 0) is 10.5 Å². The van der Waals surface area contributed by atoms with Crippen LogP contribution in [0.15, 0.2) is 34.0 Å². The highest BCUT2D eigenvalue weighted by atomic mass is 32.2. The first-order valence-corrected chi connectivity index (χ1v) is 12.2. The molecule has 10 heteroatoms. The van der Waals surface area contributed by atoms with Gasteiger partial charge in [0.1, 0.15) is 10.7 Å². The fourth-order valence-corrected chi connectivity index (χ4v) is 5.28. The molecule has 0 fully saturated rings. The van der Waals surface area contributed by atoms with Crippen LogP contribution in [0.4, 0.5) is 10.5 Å². The number of benzene rings is 1. The summed E-state index contributed by atoms with van der Waals surface area (Å²) >= 11 is 3.96. The maximum atomic E-state index is 12.7. The zero-order valence-corrected chi connectivity index (χ0v) is 20.4. The van der Waals surface area contributed by atoms with Gasteiger partial charge in [0.05, 0.1) is 22.1 Å². The maximum absolute atomic E-state index is 12.7. The zero-order chi connectivity index (χ0) is 22.7. The Morgan fingerprint density at radius 3 is 2.68 bits per heavy atom. The fraction of sp³-hybridized carbons (Fsp3) is 0.333. The van der Waals surface area contributed by atoms with Gasteiger partial charge in [-0.15, -0.1) is 23.1 Å². The molecule has 3 aromatic rings. The van der Waals surface area contributed by atoms with Crippen LogP contribution in [0.2, 0.25) is 0 Å². The van der Waals surface area contributed by atoms with Gasteiger partial charge in [-0.3, -0.25) is 14.4 Å². The van der Waals surface area contributed by atoms with Crippen LogP contribution in [0.5, 0.6) is 0 Å². The minimum Gasteiger partial charge on any atom is -0.339 e. The fourth-order valence-electron chi connectivity index (χ4n) is 2.73. The number of thiophene rings is 1. The molecule has 0 radical (unpaired) electrons. The van der Waals surface area contributed by atoms with Crippen molar-refractivity contribution < 1.29 is 9.59 Å². The van der Waals surface area contributed by atoms with E-state index in [-0.39, 0.29) is 22.0 Å². The third-order valence-electron chi connectivity index (χ3n) is 4.63. The highest BCUT2D eigenvalue weighted by Gasteiger charge is 2.18. The highest BCUT2D eigenvalue weighted by molar-refractivity contribution is 8.13. The standard InChI is InChI=1S/C21H24N4O3S3/c1-11-12(2)30-20-17(11)19(27)23-16(24-20)10-29-13(3)18(26)22-14-8-6-7-9-15(14)31-21(28)25(4)5/h6-9,13H,10H2,1-5H3,(H,22,26)(H,23,24,27). The van der Waals surface area contributed by atoms with E-state index in [0.29, 0.717) is 27.5 Å². The number of aromatic nitrogens is 2. The average molecular weight is 477 g/mol. The van der Waals surface area contributed by atoms with Gasteiger partial charge in [0.2, 0.25) is 5.91 Å². The lowest BCUT2D eigenvalue weighted by atomic mass is 10.2. The first-order chi connectivity index (χ1) is 14.7. The van der Waals surface area contributed by atoms with Crippen molar-refractivity contribution in [3.63, 3.8) is 0 Å². The van der Waals surface area contributed by atoms with E-state index in [9.17, 15) is 14.4 Å². The van der Waals surface area contributed by atoms with Crippen LogP contribution >= 0.6 is 34.9 Å². The molecule has 0 aliphatic heterocycles. The lowest BCUT2D eigenvalue weighted by Gasteiger charge is -2.15.